The van der Waals surface area contributed by atoms with E-state index in [1.165, 1.54) is 0 Å². The summed E-state index contributed by atoms with van der Waals surface area (Å²) in [6.45, 7) is 1.79. The minimum absolute atomic E-state index is 0.303. The van der Waals surface area contributed by atoms with Gasteiger partial charge in [-0.15, -0.1) is 6.42 Å². The predicted octanol–water partition coefficient (Wildman–Crippen LogP) is 2.62. The number of benzene rings is 1. The Labute approximate surface area is 92.4 Å². The summed E-state index contributed by atoms with van der Waals surface area (Å²) in [5.41, 5.74) is 0.874. The molecule has 1 aromatic heterocycles. The minimum Gasteiger partial charge on any atom is -0.476 e. The number of hydrogen-bond donors (Lipinski definition) is 1. The Balaban J connectivity index is 2.42. The number of aromatic nitrogens is 2. The molecular formula is C11H9ClN2O. The third-order valence-corrected chi connectivity index (χ3v) is 2.33. The summed E-state index contributed by atoms with van der Waals surface area (Å²) in [5.74, 6) is 3.04. The highest BCUT2D eigenvalue weighted by molar-refractivity contribution is 6.32. The van der Waals surface area contributed by atoms with Crippen LogP contribution in [0.15, 0.2) is 18.3 Å². The number of H-pyrrole nitrogens is 1. The molecule has 0 saturated carbocycles. The van der Waals surface area contributed by atoms with E-state index in [1.807, 2.05) is 0 Å². The second kappa shape index (κ2) is 3.84. The fourth-order valence-corrected chi connectivity index (χ4v) is 1.48. The molecule has 0 spiro atoms. The van der Waals surface area contributed by atoms with Crippen LogP contribution in [0, 0.1) is 12.3 Å². The van der Waals surface area contributed by atoms with Crippen molar-refractivity contribution in [3.63, 3.8) is 0 Å². The van der Waals surface area contributed by atoms with Crippen LogP contribution in [-0.2, 0) is 0 Å². The summed E-state index contributed by atoms with van der Waals surface area (Å²) in [5, 5.41) is 8.22. The smallest absolute Gasteiger partial charge is 0.156 e. The van der Waals surface area contributed by atoms with Crippen LogP contribution in [0.4, 0.5) is 0 Å². The minimum atomic E-state index is -0.303. The van der Waals surface area contributed by atoms with Gasteiger partial charge in [0.1, 0.15) is 5.75 Å². The average molecular weight is 221 g/mol. The molecule has 1 aromatic carbocycles. The zero-order chi connectivity index (χ0) is 10.8. The summed E-state index contributed by atoms with van der Waals surface area (Å²) < 4.78 is 5.46. The molecule has 1 heterocycles. The van der Waals surface area contributed by atoms with E-state index in [0.29, 0.717) is 10.8 Å². The molecule has 1 unspecified atom stereocenters. The Morgan fingerprint density at radius 3 is 3.13 bits per heavy atom. The van der Waals surface area contributed by atoms with Gasteiger partial charge in [0, 0.05) is 11.5 Å². The number of terminal acetylenes is 1. The Bertz CT molecular complexity index is 527. The van der Waals surface area contributed by atoms with E-state index in [9.17, 15) is 0 Å². The third-order valence-electron chi connectivity index (χ3n) is 2.03. The van der Waals surface area contributed by atoms with Crippen LogP contribution < -0.4 is 4.74 Å². The van der Waals surface area contributed by atoms with E-state index in [4.69, 9.17) is 22.8 Å². The first-order valence-electron chi connectivity index (χ1n) is 4.46. The average Bonchev–Trinajstić information content (AvgIpc) is 2.65. The van der Waals surface area contributed by atoms with Crippen molar-refractivity contribution in [2.24, 2.45) is 0 Å². The van der Waals surface area contributed by atoms with Gasteiger partial charge in [0.2, 0.25) is 0 Å². The number of ether oxygens (including phenoxy) is 1. The maximum absolute atomic E-state index is 6.03. The van der Waals surface area contributed by atoms with E-state index in [0.717, 1.165) is 10.9 Å². The van der Waals surface area contributed by atoms with Crippen LogP contribution in [0.3, 0.4) is 0 Å². The molecule has 0 radical (unpaired) electrons. The first-order valence-corrected chi connectivity index (χ1v) is 4.84. The van der Waals surface area contributed by atoms with Crippen LogP contribution in [0.25, 0.3) is 10.9 Å². The van der Waals surface area contributed by atoms with Gasteiger partial charge in [0.25, 0.3) is 0 Å². The molecular weight excluding hydrogens is 212 g/mol. The lowest BCUT2D eigenvalue weighted by Crippen LogP contribution is -2.08. The molecule has 2 aromatic rings. The molecule has 0 aliphatic rings. The molecule has 0 bridgehead atoms. The monoisotopic (exact) mass is 220 g/mol. The number of nitrogens with zero attached hydrogens (tertiary/aromatic N) is 1. The SMILES string of the molecule is C#CC(C)Oc1cc2[nH]ncc2cc1Cl. The molecule has 0 aliphatic carbocycles. The van der Waals surface area contributed by atoms with Crippen molar-refractivity contribution in [3.05, 3.63) is 23.4 Å². The molecule has 15 heavy (non-hydrogen) atoms. The van der Waals surface area contributed by atoms with Crippen LogP contribution >= 0.6 is 11.6 Å². The largest absolute Gasteiger partial charge is 0.476 e. The molecule has 1 N–H and O–H groups in total. The maximum atomic E-state index is 6.03. The second-order valence-electron chi connectivity index (χ2n) is 3.17. The van der Waals surface area contributed by atoms with Gasteiger partial charge in [-0.25, -0.2) is 0 Å². The van der Waals surface area contributed by atoms with Gasteiger partial charge >= 0.3 is 0 Å². The number of rotatable bonds is 2. The molecule has 0 amide bonds. The summed E-state index contributed by atoms with van der Waals surface area (Å²) in [6, 6.07) is 3.58. The van der Waals surface area contributed by atoms with Crippen molar-refractivity contribution in [3.8, 4) is 18.1 Å². The van der Waals surface area contributed by atoms with Gasteiger partial charge in [-0.2, -0.15) is 5.10 Å². The van der Waals surface area contributed by atoms with Gasteiger partial charge in [-0.3, -0.25) is 5.10 Å². The second-order valence-corrected chi connectivity index (χ2v) is 3.57. The highest BCUT2D eigenvalue weighted by Crippen LogP contribution is 2.29. The molecule has 0 fully saturated rings. The molecule has 0 saturated heterocycles. The van der Waals surface area contributed by atoms with Crippen molar-refractivity contribution in [2.75, 3.05) is 0 Å². The van der Waals surface area contributed by atoms with Gasteiger partial charge < -0.3 is 4.74 Å². The fourth-order valence-electron chi connectivity index (χ4n) is 1.26. The number of fused-ring (bicyclic) bond motifs is 1. The zero-order valence-electron chi connectivity index (χ0n) is 8.12. The molecule has 3 nitrogen and oxygen atoms in total. The van der Waals surface area contributed by atoms with E-state index < -0.39 is 0 Å². The van der Waals surface area contributed by atoms with Crippen molar-refractivity contribution >= 4 is 22.5 Å². The number of halogens is 1. The summed E-state index contributed by atoms with van der Waals surface area (Å²) in [6.07, 6.45) is 6.63. The quantitative estimate of drug-likeness (QED) is 0.790. The van der Waals surface area contributed by atoms with Crippen LogP contribution in [0.5, 0.6) is 5.75 Å². The predicted molar refractivity (Wildman–Crippen MR) is 60.0 cm³/mol. The molecule has 4 heteroatoms. The fraction of sp³-hybridized carbons (Fsp3) is 0.182. The van der Waals surface area contributed by atoms with Gasteiger partial charge in [-0.05, 0) is 13.0 Å². The Morgan fingerprint density at radius 1 is 1.60 bits per heavy atom. The highest BCUT2D eigenvalue weighted by Gasteiger charge is 2.07. The van der Waals surface area contributed by atoms with E-state index in [1.54, 1.807) is 25.3 Å². The Hall–Kier alpha value is -1.66. The van der Waals surface area contributed by atoms with E-state index in [2.05, 4.69) is 16.1 Å². The van der Waals surface area contributed by atoms with E-state index in [-0.39, 0.29) is 6.10 Å². The van der Waals surface area contributed by atoms with Crippen molar-refractivity contribution in [2.45, 2.75) is 13.0 Å². The van der Waals surface area contributed by atoms with Gasteiger partial charge in [-0.1, -0.05) is 17.5 Å². The molecule has 1 atom stereocenters. The number of nitrogens with one attached hydrogen (secondary N) is 1. The molecule has 0 aliphatic heterocycles. The first kappa shape index (κ1) is 9.88. The normalized spacial score (nSPS) is 12.3. The molecule has 2 rings (SSSR count). The van der Waals surface area contributed by atoms with Crippen LogP contribution in [0.1, 0.15) is 6.92 Å². The summed E-state index contributed by atoms with van der Waals surface area (Å²) in [4.78, 5) is 0. The van der Waals surface area contributed by atoms with Crippen molar-refractivity contribution < 1.29 is 4.74 Å². The van der Waals surface area contributed by atoms with Gasteiger partial charge in [0.05, 0.1) is 16.7 Å². The third kappa shape index (κ3) is 1.90. The maximum Gasteiger partial charge on any atom is 0.156 e. The Kier molecular flexibility index (Phi) is 2.53. The number of aromatic amines is 1. The van der Waals surface area contributed by atoms with Crippen molar-refractivity contribution in [1.82, 2.24) is 10.2 Å². The highest BCUT2D eigenvalue weighted by atomic mass is 35.5. The number of hydrogen-bond acceptors (Lipinski definition) is 2. The van der Waals surface area contributed by atoms with Gasteiger partial charge in [0.15, 0.2) is 6.10 Å². The molecule has 76 valence electrons. The summed E-state index contributed by atoms with van der Waals surface area (Å²) in [7, 11) is 0. The van der Waals surface area contributed by atoms with Crippen LogP contribution in [0.2, 0.25) is 5.02 Å². The zero-order valence-corrected chi connectivity index (χ0v) is 8.88. The topological polar surface area (TPSA) is 37.9 Å². The lowest BCUT2D eigenvalue weighted by Gasteiger charge is -2.10. The van der Waals surface area contributed by atoms with Crippen LogP contribution in [-0.4, -0.2) is 16.3 Å². The lowest BCUT2D eigenvalue weighted by atomic mass is 10.2. The first-order chi connectivity index (χ1) is 7.20. The van der Waals surface area contributed by atoms with E-state index >= 15 is 0 Å². The standard InChI is InChI=1S/C11H9ClN2O/c1-3-7(2)15-11-5-10-8(4-9(11)12)6-13-14-10/h1,4-7H,2H3,(H,13,14). The van der Waals surface area contributed by atoms with Crippen molar-refractivity contribution in [1.29, 1.82) is 0 Å². The Morgan fingerprint density at radius 2 is 2.40 bits per heavy atom. The lowest BCUT2D eigenvalue weighted by molar-refractivity contribution is 0.279. The summed E-state index contributed by atoms with van der Waals surface area (Å²) >= 11 is 6.03.